The summed E-state index contributed by atoms with van der Waals surface area (Å²) in [7, 11) is 0. The first-order valence-electron chi connectivity index (χ1n) is 7.57. The van der Waals surface area contributed by atoms with Crippen LogP contribution in [0.25, 0.3) is 0 Å². The van der Waals surface area contributed by atoms with Crippen molar-refractivity contribution in [1.29, 1.82) is 0 Å². The maximum atomic E-state index is 11.5. The Morgan fingerprint density at radius 1 is 1.40 bits per heavy atom. The second-order valence-electron chi connectivity index (χ2n) is 6.92. The summed E-state index contributed by atoms with van der Waals surface area (Å²) >= 11 is 1.40. The zero-order valence-electron chi connectivity index (χ0n) is 12.9. The molecule has 0 bridgehead atoms. The fourth-order valence-corrected chi connectivity index (χ4v) is 4.31. The van der Waals surface area contributed by atoms with Gasteiger partial charge in [-0.05, 0) is 18.8 Å². The van der Waals surface area contributed by atoms with Gasteiger partial charge in [-0.25, -0.2) is 9.78 Å². The van der Waals surface area contributed by atoms with E-state index < -0.39 is 5.97 Å². The molecule has 1 heterocycles. The van der Waals surface area contributed by atoms with Crippen LogP contribution in [0.5, 0.6) is 0 Å². The lowest BCUT2D eigenvalue weighted by atomic mass is 9.80. The number of carbonyl (C=O) groups is 1. The Morgan fingerprint density at radius 3 is 2.60 bits per heavy atom. The number of aromatic carboxylic acids is 1. The van der Waals surface area contributed by atoms with Crippen molar-refractivity contribution in [3.63, 3.8) is 0 Å². The van der Waals surface area contributed by atoms with Gasteiger partial charge < -0.3 is 5.11 Å². The van der Waals surface area contributed by atoms with Crippen LogP contribution in [0.15, 0.2) is 0 Å². The van der Waals surface area contributed by atoms with Crippen molar-refractivity contribution in [3.8, 4) is 0 Å². The Bertz CT molecular complexity index is 487. The van der Waals surface area contributed by atoms with Crippen LogP contribution in [0.1, 0.15) is 86.1 Å². The van der Waals surface area contributed by atoms with E-state index in [1.54, 1.807) is 0 Å². The summed E-state index contributed by atoms with van der Waals surface area (Å²) in [5.74, 6) is 0.415. The molecule has 0 aromatic carbocycles. The highest BCUT2D eigenvalue weighted by Gasteiger charge is 2.31. The van der Waals surface area contributed by atoms with Gasteiger partial charge in [-0.1, -0.05) is 47.0 Å². The number of carboxylic acids is 1. The third-order valence-corrected chi connectivity index (χ3v) is 5.46. The maximum absolute atomic E-state index is 11.5. The van der Waals surface area contributed by atoms with Crippen LogP contribution >= 0.6 is 11.3 Å². The van der Waals surface area contributed by atoms with Crippen LogP contribution < -0.4 is 0 Å². The number of thiazole rings is 1. The summed E-state index contributed by atoms with van der Waals surface area (Å²) in [6, 6.07) is 0. The summed E-state index contributed by atoms with van der Waals surface area (Å²) in [6.45, 7) is 8.36. The highest BCUT2D eigenvalue weighted by molar-refractivity contribution is 7.13. The van der Waals surface area contributed by atoms with Crippen molar-refractivity contribution < 1.29 is 9.90 Å². The summed E-state index contributed by atoms with van der Waals surface area (Å²) in [5, 5.41) is 10.5. The molecule has 2 rings (SSSR count). The Kier molecular flexibility index (Phi) is 4.52. The predicted octanol–water partition coefficient (Wildman–Crippen LogP) is 4.82. The van der Waals surface area contributed by atoms with Gasteiger partial charge in [0.1, 0.15) is 4.88 Å². The molecule has 112 valence electrons. The molecule has 20 heavy (non-hydrogen) atoms. The van der Waals surface area contributed by atoms with E-state index in [2.05, 4.69) is 6.92 Å². The Morgan fingerprint density at radius 2 is 2.10 bits per heavy atom. The van der Waals surface area contributed by atoms with Gasteiger partial charge in [-0.15, -0.1) is 11.3 Å². The van der Waals surface area contributed by atoms with Gasteiger partial charge >= 0.3 is 5.97 Å². The smallest absolute Gasteiger partial charge is 0.347 e. The molecule has 2 unspecified atom stereocenters. The van der Waals surface area contributed by atoms with E-state index in [0.717, 1.165) is 23.0 Å². The number of aromatic nitrogens is 1. The van der Waals surface area contributed by atoms with Gasteiger partial charge in [0.05, 0.1) is 10.7 Å². The maximum Gasteiger partial charge on any atom is 0.347 e. The molecule has 1 aliphatic carbocycles. The van der Waals surface area contributed by atoms with Crippen molar-refractivity contribution in [2.75, 3.05) is 0 Å². The molecule has 1 aliphatic rings. The molecule has 0 radical (unpaired) electrons. The molecule has 1 aromatic rings. The molecule has 1 aromatic heterocycles. The molecule has 1 N–H and O–H groups in total. The zero-order valence-corrected chi connectivity index (χ0v) is 13.7. The molecule has 0 saturated heterocycles. The van der Waals surface area contributed by atoms with Gasteiger partial charge in [0.25, 0.3) is 0 Å². The fourth-order valence-electron chi connectivity index (χ4n) is 3.05. The first-order valence-corrected chi connectivity index (χ1v) is 8.39. The normalized spacial score (nSPS) is 23.8. The van der Waals surface area contributed by atoms with Gasteiger partial charge in [0.15, 0.2) is 0 Å². The van der Waals surface area contributed by atoms with Gasteiger partial charge in [-0.3, -0.25) is 0 Å². The lowest BCUT2D eigenvalue weighted by Crippen LogP contribution is -2.17. The fraction of sp³-hybridized carbons (Fsp3) is 0.750. The third-order valence-electron chi connectivity index (χ3n) is 4.26. The molecule has 1 saturated carbocycles. The van der Waals surface area contributed by atoms with Crippen molar-refractivity contribution in [1.82, 2.24) is 4.98 Å². The molecule has 4 heteroatoms. The summed E-state index contributed by atoms with van der Waals surface area (Å²) in [4.78, 5) is 16.6. The van der Waals surface area contributed by atoms with Crippen LogP contribution in [0.2, 0.25) is 0 Å². The third kappa shape index (κ3) is 3.22. The number of carboxylic acid groups (broad SMARTS) is 1. The second-order valence-corrected chi connectivity index (χ2v) is 7.95. The SMILES string of the molecule is CCC1CCCC(c2nc(C(C)(C)C)c(C(=O)O)s2)C1. The number of rotatable bonds is 3. The molecule has 2 atom stereocenters. The second kappa shape index (κ2) is 5.84. The van der Waals surface area contributed by atoms with Crippen LogP contribution in [-0.2, 0) is 5.41 Å². The molecule has 3 nitrogen and oxygen atoms in total. The molecule has 0 amide bonds. The minimum absolute atomic E-state index is 0.207. The van der Waals surface area contributed by atoms with Crippen LogP contribution in [-0.4, -0.2) is 16.1 Å². The molecule has 0 spiro atoms. The van der Waals surface area contributed by atoms with Gasteiger partial charge in [0.2, 0.25) is 0 Å². The first kappa shape index (κ1) is 15.5. The zero-order chi connectivity index (χ0) is 14.9. The Hall–Kier alpha value is -0.900. The monoisotopic (exact) mass is 295 g/mol. The molecule has 0 aliphatic heterocycles. The summed E-state index contributed by atoms with van der Waals surface area (Å²) < 4.78 is 0. The van der Waals surface area contributed by atoms with E-state index in [0.29, 0.717) is 10.8 Å². The topological polar surface area (TPSA) is 50.2 Å². The van der Waals surface area contributed by atoms with Crippen LogP contribution in [0.4, 0.5) is 0 Å². The van der Waals surface area contributed by atoms with E-state index in [9.17, 15) is 9.90 Å². The van der Waals surface area contributed by atoms with E-state index in [1.807, 2.05) is 20.8 Å². The number of nitrogens with zero attached hydrogens (tertiary/aromatic N) is 1. The number of hydrogen-bond acceptors (Lipinski definition) is 3. The Labute approximate surface area is 125 Å². The molecule has 1 fully saturated rings. The summed E-state index contributed by atoms with van der Waals surface area (Å²) in [6.07, 6.45) is 6.12. The lowest BCUT2D eigenvalue weighted by molar-refractivity contribution is 0.0699. The average Bonchev–Trinajstić information content (AvgIpc) is 2.84. The predicted molar refractivity (Wildman–Crippen MR) is 82.8 cm³/mol. The first-order chi connectivity index (χ1) is 9.32. The Balaban J connectivity index is 2.31. The van der Waals surface area contributed by atoms with E-state index in [1.165, 1.54) is 37.0 Å². The van der Waals surface area contributed by atoms with Crippen molar-refractivity contribution in [3.05, 3.63) is 15.6 Å². The van der Waals surface area contributed by atoms with Crippen LogP contribution in [0, 0.1) is 5.92 Å². The van der Waals surface area contributed by atoms with E-state index in [-0.39, 0.29) is 5.41 Å². The van der Waals surface area contributed by atoms with Crippen molar-refractivity contribution >= 4 is 17.3 Å². The summed E-state index contributed by atoms with van der Waals surface area (Å²) in [5.41, 5.74) is 0.546. The van der Waals surface area contributed by atoms with Crippen molar-refractivity contribution in [2.24, 2.45) is 5.92 Å². The number of hydrogen-bond donors (Lipinski definition) is 1. The van der Waals surface area contributed by atoms with E-state index >= 15 is 0 Å². The highest BCUT2D eigenvalue weighted by atomic mass is 32.1. The average molecular weight is 295 g/mol. The van der Waals surface area contributed by atoms with Crippen molar-refractivity contribution in [2.45, 2.75) is 71.1 Å². The van der Waals surface area contributed by atoms with E-state index in [4.69, 9.17) is 4.98 Å². The highest BCUT2D eigenvalue weighted by Crippen LogP contribution is 2.41. The molecular formula is C16H25NO2S. The van der Waals surface area contributed by atoms with Gasteiger partial charge in [0, 0.05) is 11.3 Å². The largest absolute Gasteiger partial charge is 0.477 e. The minimum atomic E-state index is -0.832. The quantitative estimate of drug-likeness (QED) is 0.869. The van der Waals surface area contributed by atoms with Crippen LogP contribution in [0.3, 0.4) is 0 Å². The lowest BCUT2D eigenvalue weighted by Gasteiger charge is -2.27. The molecular weight excluding hydrogens is 270 g/mol. The van der Waals surface area contributed by atoms with Gasteiger partial charge in [-0.2, -0.15) is 0 Å². The minimum Gasteiger partial charge on any atom is -0.477 e. The standard InChI is InChI=1S/C16H25NO2S/c1-5-10-7-6-8-11(9-10)14-17-13(16(2,3)4)12(20-14)15(18)19/h10-11H,5-9H2,1-4H3,(H,18,19).